The van der Waals surface area contributed by atoms with Crippen LogP contribution in [0.5, 0.6) is 0 Å². The van der Waals surface area contributed by atoms with Crippen LogP contribution in [-0.4, -0.2) is 37.5 Å². The highest BCUT2D eigenvalue weighted by atomic mass is 16.1. The second kappa shape index (κ2) is 8.52. The first-order valence-corrected chi connectivity index (χ1v) is 10.7. The molecule has 4 rings (SSSR count). The summed E-state index contributed by atoms with van der Waals surface area (Å²) in [6.07, 6.45) is 9.65. The first-order chi connectivity index (χ1) is 13.6. The van der Waals surface area contributed by atoms with Crippen molar-refractivity contribution in [3.05, 3.63) is 52.2 Å². The Labute approximate surface area is 167 Å². The Morgan fingerprint density at radius 3 is 2.57 bits per heavy atom. The average molecular weight is 382 g/mol. The Balaban J connectivity index is 1.29. The summed E-state index contributed by atoms with van der Waals surface area (Å²) in [6, 6.07) is 3.74. The van der Waals surface area contributed by atoms with Crippen LogP contribution in [0.1, 0.15) is 75.0 Å². The Morgan fingerprint density at radius 1 is 1.14 bits per heavy atom. The van der Waals surface area contributed by atoms with E-state index in [1.807, 2.05) is 6.20 Å². The molecule has 1 saturated carbocycles. The molecule has 1 saturated heterocycles. The molecule has 28 heavy (non-hydrogen) atoms. The van der Waals surface area contributed by atoms with Gasteiger partial charge < -0.3 is 0 Å². The van der Waals surface area contributed by atoms with Crippen LogP contribution in [0.3, 0.4) is 0 Å². The van der Waals surface area contributed by atoms with Crippen molar-refractivity contribution in [2.45, 2.75) is 70.9 Å². The van der Waals surface area contributed by atoms with Crippen LogP contribution >= 0.6 is 0 Å². The molecule has 0 atom stereocenters. The molecule has 2 aliphatic rings. The number of likely N-dealkylation sites (tertiary alicyclic amines) is 1. The predicted octanol–water partition coefficient (Wildman–Crippen LogP) is 3.34. The Morgan fingerprint density at radius 2 is 1.93 bits per heavy atom. The lowest BCUT2D eigenvalue weighted by molar-refractivity contribution is 0.164. The summed E-state index contributed by atoms with van der Waals surface area (Å²) in [5.41, 5.74) is 2.09. The minimum Gasteiger partial charge on any atom is -0.299 e. The van der Waals surface area contributed by atoms with Crippen LogP contribution < -0.4 is 5.56 Å². The van der Waals surface area contributed by atoms with Gasteiger partial charge in [-0.1, -0.05) is 20.3 Å². The molecule has 2 aromatic rings. The molecule has 6 nitrogen and oxygen atoms in total. The molecule has 0 spiro atoms. The minimum absolute atomic E-state index is 0.0747. The van der Waals surface area contributed by atoms with Crippen LogP contribution in [0.4, 0.5) is 0 Å². The molecular weight excluding hydrogens is 350 g/mol. The summed E-state index contributed by atoms with van der Waals surface area (Å²) >= 11 is 0. The third-order valence-electron chi connectivity index (χ3n) is 6.24. The minimum atomic E-state index is 0.0747. The van der Waals surface area contributed by atoms with Crippen molar-refractivity contribution in [2.75, 3.05) is 13.1 Å². The molecular formula is C22H31N5O. The van der Waals surface area contributed by atoms with Crippen LogP contribution in [0.25, 0.3) is 0 Å². The van der Waals surface area contributed by atoms with Gasteiger partial charge in [-0.15, -0.1) is 0 Å². The molecule has 0 unspecified atom stereocenters. The zero-order chi connectivity index (χ0) is 19.5. The van der Waals surface area contributed by atoms with Crippen molar-refractivity contribution in [2.24, 2.45) is 5.92 Å². The van der Waals surface area contributed by atoms with Gasteiger partial charge in [0.1, 0.15) is 5.82 Å². The maximum absolute atomic E-state index is 12.3. The maximum Gasteiger partial charge on any atom is 0.253 e. The molecule has 2 aromatic heterocycles. The number of hydrogen-bond acceptors (Lipinski definition) is 5. The molecule has 0 aromatic carbocycles. The van der Waals surface area contributed by atoms with Gasteiger partial charge in [-0.2, -0.15) is 0 Å². The molecule has 6 heteroatoms. The largest absolute Gasteiger partial charge is 0.299 e. The number of rotatable bonds is 6. The lowest BCUT2D eigenvalue weighted by atomic mass is 9.85. The molecule has 0 N–H and O–H groups in total. The van der Waals surface area contributed by atoms with E-state index < -0.39 is 0 Å². The van der Waals surface area contributed by atoms with Crippen LogP contribution in [-0.2, 0) is 13.1 Å². The molecule has 1 aliphatic heterocycles. The van der Waals surface area contributed by atoms with E-state index in [-0.39, 0.29) is 11.5 Å². The molecule has 0 radical (unpaired) electrons. The van der Waals surface area contributed by atoms with E-state index in [0.29, 0.717) is 11.8 Å². The molecule has 3 heterocycles. The number of aromatic nitrogens is 4. The van der Waals surface area contributed by atoms with Crippen LogP contribution in [0.2, 0.25) is 0 Å². The van der Waals surface area contributed by atoms with Gasteiger partial charge >= 0.3 is 0 Å². The fourth-order valence-corrected chi connectivity index (χ4v) is 4.09. The van der Waals surface area contributed by atoms with Crippen molar-refractivity contribution in [1.29, 1.82) is 0 Å². The Hall–Kier alpha value is -2.08. The van der Waals surface area contributed by atoms with Crippen molar-refractivity contribution in [1.82, 2.24) is 24.4 Å². The van der Waals surface area contributed by atoms with Gasteiger partial charge in [0.25, 0.3) is 5.56 Å². The van der Waals surface area contributed by atoms with Gasteiger partial charge in [0.05, 0.1) is 17.7 Å². The van der Waals surface area contributed by atoms with Gasteiger partial charge in [0, 0.05) is 31.3 Å². The quantitative estimate of drug-likeness (QED) is 0.768. The van der Waals surface area contributed by atoms with E-state index in [9.17, 15) is 4.79 Å². The number of hydrogen-bond donors (Lipinski definition) is 0. The highest BCUT2D eigenvalue weighted by Crippen LogP contribution is 2.34. The first-order valence-electron chi connectivity index (χ1n) is 10.7. The second-order valence-electron chi connectivity index (χ2n) is 8.71. The van der Waals surface area contributed by atoms with E-state index in [1.165, 1.54) is 19.3 Å². The third kappa shape index (κ3) is 4.49. The summed E-state index contributed by atoms with van der Waals surface area (Å²) in [7, 11) is 0. The van der Waals surface area contributed by atoms with Gasteiger partial charge in [0.15, 0.2) is 0 Å². The lowest BCUT2D eigenvalue weighted by Gasteiger charge is -2.32. The van der Waals surface area contributed by atoms with E-state index >= 15 is 0 Å². The van der Waals surface area contributed by atoms with Crippen LogP contribution in [0.15, 0.2) is 29.5 Å². The van der Waals surface area contributed by atoms with E-state index in [0.717, 1.165) is 56.2 Å². The zero-order valence-electron chi connectivity index (χ0n) is 17.0. The summed E-state index contributed by atoms with van der Waals surface area (Å²) < 4.78 is 1.78. The van der Waals surface area contributed by atoms with Crippen molar-refractivity contribution >= 4 is 0 Å². The standard InChI is InChI=1S/C22H31N5O/c1-16(2)20-12-21(28)27(15-24-20)13-17-7-10-26(11-8-17)14-19-6-9-23-22(25-19)18-4-3-5-18/h6,9,12,15-18H,3-5,7-8,10-11,13-14H2,1-2H3. The van der Waals surface area contributed by atoms with Crippen molar-refractivity contribution < 1.29 is 0 Å². The highest BCUT2D eigenvalue weighted by molar-refractivity contribution is 5.08. The lowest BCUT2D eigenvalue weighted by Crippen LogP contribution is -2.36. The Bertz CT molecular complexity index is 850. The SMILES string of the molecule is CC(C)c1cc(=O)n(CC2CCN(Cc3ccnc(C4CCC4)n3)CC2)cn1. The normalized spacial score (nSPS) is 19.1. The Kier molecular flexibility index (Phi) is 5.85. The number of piperidine rings is 1. The maximum atomic E-state index is 12.3. The fraction of sp³-hybridized carbons (Fsp3) is 0.636. The summed E-state index contributed by atoms with van der Waals surface area (Å²) in [5, 5.41) is 0. The van der Waals surface area contributed by atoms with Crippen molar-refractivity contribution in [3.8, 4) is 0 Å². The fourth-order valence-electron chi connectivity index (χ4n) is 4.09. The molecule has 0 amide bonds. The molecule has 2 fully saturated rings. The van der Waals surface area contributed by atoms with Gasteiger partial charge in [0.2, 0.25) is 0 Å². The topological polar surface area (TPSA) is 63.9 Å². The van der Waals surface area contributed by atoms with E-state index in [4.69, 9.17) is 4.98 Å². The molecule has 1 aliphatic carbocycles. The first kappa shape index (κ1) is 19.2. The highest BCUT2D eigenvalue weighted by Gasteiger charge is 2.24. The van der Waals surface area contributed by atoms with Gasteiger partial charge in [-0.25, -0.2) is 15.0 Å². The second-order valence-corrected chi connectivity index (χ2v) is 8.71. The van der Waals surface area contributed by atoms with Gasteiger partial charge in [-0.05, 0) is 56.7 Å². The monoisotopic (exact) mass is 381 g/mol. The zero-order valence-corrected chi connectivity index (χ0v) is 17.0. The van der Waals surface area contributed by atoms with E-state index in [2.05, 4.69) is 34.8 Å². The average Bonchev–Trinajstić information content (AvgIpc) is 2.64. The summed E-state index contributed by atoms with van der Waals surface area (Å²) in [4.78, 5) is 28.5. The molecule has 150 valence electrons. The van der Waals surface area contributed by atoms with E-state index in [1.54, 1.807) is 17.0 Å². The number of nitrogens with zero attached hydrogens (tertiary/aromatic N) is 5. The smallest absolute Gasteiger partial charge is 0.253 e. The summed E-state index contributed by atoms with van der Waals surface area (Å²) in [5.74, 6) is 2.45. The van der Waals surface area contributed by atoms with Crippen LogP contribution in [0, 0.1) is 5.92 Å². The third-order valence-corrected chi connectivity index (χ3v) is 6.24. The van der Waals surface area contributed by atoms with Crippen molar-refractivity contribution in [3.63, 3.8) is 0 Å². The predicted molar refractivity (Wildman–Crippen MR) is 109 cm³/mol. The van der Waals surface area contributed by atoms with Gasteiger partial charge in [-0.3, -0.25) is 14.3 Å². The molecule has 0 bridgehead atoms. The summed E-state index contributed by atoms with van der Waals surface area (Å²) in [6.45, 7) is 7.92.